The molecule has 1 amide bonds. The molecule has 0 aliphatic heterocycles. The standard InChI is InChI=1S/C10H18N2O4/c11-10(3-1-4-10)6-8(14)12-5-2-7(13)9(15)16/h7,13H,1-6,11H2,(H,12,14)(H,15,16)/t7-/m0/s1. The van der Waals surface area contributed by atoms with Gasteiger partial charge in [-0.25, -0.2) is 4.79 Å². The Hall–Kier alpha value is -1.14. The van der Waals surface area contributed by atoms with Crippen LogP contribution in [-0.2, 0) is 9.59 Å². The first-order valence-corrected chi connectivity index (χ1v) is 5.39. The minimum Gasteiger partial charge on any atom is -0.479 e. The number of rotatable bonds is 6. The van der Waals surface area contributed by atoms with Crippen LogP contribution in [0.5, 0.6) is 0 Å². The van der Waals surface area contributed by atoms with Gasteiger partial charge >= 0.3 is 5.97 Å². The SMILES string of the molecule is NC1(CC(=O)NCC[C@H](O)C(=O)O)CCC1. The molecule has 16 heavy (non-hydrogen) atoms. The van der Waals surface area contributed by atoms with Gasteiger partial charge in [0.2, 0.25) is 5.91 Å². The minimum atomic E-state index is -1.42. The molecule has 6 nitrogen and oxygen atoms in total. The van der Waals surface area contributed by atoms with Gasteiger partial charge < -0.3 is 21.3 Å². The highest BCUT2D eigenvalue weighted by Crippen LogP contribution is 2.31. The molecule has 1 rings (SSSR count). The number of nitrogens with two attached hydrogens (primary N) is 1. The van der Waals surface area contributed by atoms with Crippen LogP contribution in [0.3, 0.4) is 0 Å². The number of aliphatic carboxylic acids is 1. The number of aliphatic hydroxyl groups is 1. The molecule has 1 atom stereocenters. The Labute approximate surface area is 93.8 Å². The van der Waals surface area contributed by atoms with Crippen LogP contribution >= 0.6 is 0 Å². The number of carboxylic acids is 1. The lowest BCUT2D eigenvalue weighted by atomic mass is 9.75. The fraction of sp³-hybridized carbons (Fsp3) is 0.800. The van der Waals surface area contributed by atoms with Crippen molar-refractivity contribution in [1.29, 1.82) is 0 Å². The highest BCUT2D eigenvalue weighted by molar-refractivity contribution is 5.77. The monoisotopic (exact) mass is 230 g/mol. The quantitative estimate of drug-likeness (QED) is 0.477. The lowest BCUT2D eigenvalue weighted by Crippen LogP contribution is -2.50. The van der Waals surface area contributed by atoms with E-state index in [-0.39, 0.29) is 30.8 Å². The Kier molecular flexibility index (Phi) is 4.26. The largest absolute Gasteiger partial charge is 0.479 e. The van der Waals surface area contributed by atoms with Crippen molar-refractivity contribution in [2.24, 2.45) is 5.73 Å². The predicted molar refractivity (Wildman–Crippen MR) is 56.7 cm³/mol. The van der Waals surface area contributed by atoms with E-state index in [9.17, 15) is 9.59 Å². The van der Waals surface area contributed by atoms with E-state index in [1.165, 1.54) is 0 Å². The number of hydrogen-bond donors (Lipinski definition) is 4. The molecular formula is C10H18N2O4. The van der Waals surface area contributed by atoms with E-state index in [0.29, 0.717) is 0 Å². The summed E-state index contributed by atoms with van der Waals surface area (Å²) in [5.74, 6) is -1.46. The molecule has 6 heteroatoms. The van der Waals surface area contributed by atoms with Crippen molar-refractivity contribution in [1.82, 2.24) is 5.32 Å². The third kappa shape index (κ3) is 3.79. The molecule has 0 unspecified atom stereocenters. The van der Waals surface area contributed by atoms with Crippen molar-refractivity contribution < 1.29 is 19.8 Å². The number of carbonyl (C=O) groups excluding carboxylic acids is 1. The van der Waals surface area contributed by atoms with E-state index in [2.05, 4.69) is 5.32 Å². The van der Waals surface area contributed by atoms with Crippen LogP contribution in [0.1, 0.15) is 32.1 Å². The van der Waals surface area contributed by atoms with Gasteiger partial charge in [-0.05, 0) is 19.3 Å². The minimum absolute atomic E-state index is 0.0125. The van der Waals surface area contributed by atoms with E-state index in [1.807, 2.05) is 0 Å². The Bertz CT molecular complexity index is 276. The number of hydrogen-bond acceptors (Lipinski definition) is 4. The average molecular weight is 230 g/mol. The first kappa shape index (κ1) is 12.9. The van der Waals surface area contributed by atoms with Gasteiger partial charge in [-0.2, -0.15) is 0 Å². The first-order valence-electron chi connectivity index (χ1n) is 5.39. The normalized spacial score (nSPS) is 19.6. The van der Waals surface area contributed by atoms with E-state index in [0.717, 1.165) is 19.3 Å². The van der Waals surface area contributed by atoms with Crippen LogP contribution in [-0.4, -0.2) is 40.3 Å². The van der Waals surface area contributed by atoms with Crippen molar-refractivity contribution in [2.75, 3.05) is 6.54 Å². The van der Waals surface area contributed by atoms with Gasteiger partial charge in [0, 0.05) is 24.9 Å². The van der Waals surface area contributed by atoms with Gasteiger partial charge in [0.25, 0.3) is 0 Å². The molecule has 0 radical (unpaired) electrons. The molecular weight excluding hydrogens is 212 g/mol. The summed E-state index contributed by atoms with van der Waals surface area (Å²) < 4.78 is 0. The predicted octanol–water partition coefficient (Wildman–Crippen LogP) is -0.790. The van der Waals surface area contributed by atoms with E-state index < -0.39 is 12.1 Å². The molecule has 0 saturated heterocycles. The van der Waals surface area contributed by atoms with Crippen LogP contribution in [0.25, 0.3) is 0 Å². The van der Waals surface area contributed by atoms with Crippen LogP contribution in [0.15, 0.2) is 0 Å². The fourth-order valence-electron chi connectivity index (χ4n) is 1.66. The molecule has 1 aliphatic carbocycles. The molecule has 1 fully saturated rings. The second-order valence-corrected chi connectivity index (χ2v) is 4.39. The molecule has 0 bridgehead atoms. The molecule has 0 spiro atoms. The van der Waals surface area contributed by atoms with Crippen molar-refractivity contribution in [3.8, 4) is 0 Å². The highest BCUT2D eigenvalue weighted by Gasteiger charge is 2.34. The fourth-order valence-corrected chi connectivity index (χ4v) is 1.66. The van der Waals surface area contributed by atoms with Gasteiger partial charge in [-0.15, -0.1) is 0 Å². The zero-order chi connectivity index (χ0) is 12.2. The highest BCUT2D eigenvalue weighted by atomic mass is 16.4. The van der Waals surface area contributed by atoms with Gasteiger partial charge in [0.1, 0.15) is 0 Å². The van der Waals surface area contributed by atoms with E-state index in [4.69, 9.17) is 15.9 Å². The Balaban J connectivity index is 2.13. The molecule has 92 valence electrons. The summed E-state index contributed by atoms with van der Waals surface area (Å²) in [4.78, 5) is 21.7. The van der Waals surface area contributed by atoms with Crippen LogP contribution in [0.2, 0.25) is 0 Å². The number of aliphatic hydroxyl groups excluding tert-OH is 1. The van der Waals surface area contributed by atoms with Gasteiger partial charge in [0.15, 0.2) is 6.10 Å². The van der Waals surface area contributed by atoms with Crippen molar-refractivity contribution in [2.45, 2.75) is 43.7 Å². The Morgan fingerprint density at radius 1 is 1.44 bits per heavy atom. The van der Waals surface area contributed by atoms with Gasteiger partial charge in [0.05, 0.1) is 0 Å². The summed E-state index contributed by atoms with van der Waals surface area (Å²) in [6, 6.07) is 0. The molecule has 0 heterocycles. The zero-order valence-corrected chi connectivity index (χ0v) is 9.11. The molecule has 0 aromatic rings. The Morgan fingerprint density at radius 3 is 2.50 bits per heavy atom. The maximum absolute atomic E-state index is 11.4. The van der Waals surface area contributed by atoms with E-state index >= 15 is 0 Å². The first-order chi connectivity index (χ1) is 7.43. The summed E-state index contributed by atoms with van der Waals surface area (Å²) in [5.41, 5.74) is 5.51. The molecule has 0 aromatic carbocycles. The lowest BCUT2D eigenvalue weighted by molar-refractivity contribution is -0.147. The second kappa shape index (κ2) is 5.27. The van der Waals surface area contributed by atoms with Crippen LogP contribution in [0, 0.1) is 0 Å². The second-order valence-electron chi connectivity index (χ2n) is 4.39. The van der Waals surface area contributed by atoms with Crippen LogP contribution < -0.4 is 11.1 Å². The zero-order valence-electron chi connectivity index (χ0n) is 9.11. The number of nitrogens with one attached hydrogen (secondary N) is 1. The van der Waals surface area contributed by atoms with Crippen molar-refractivity contribution >= 4 is 11.9 Å². The maximum atomic E-state index is 11.4. The average Bonchev–Trinajstić information content (AvgIpc) is 2.14. The lowest BCUT2D eigenvalue weighted by Gasteiger charge is -2.37. The third-order valence-corrected chi connectivity index (χ3v) is 2.89. The summed E-state index contributed by atoms with van der Waals surface area (Å²) in [7, 11) is 0. The smallest absolute Gasteiger partial charge is 0.332 e. The van der Waals surface area contributed by atoms with Crippen molar-refractivity contribution in [3.63, 3.8) is 0 Å². The van der Waals surface area contributed by atoms with Gasteiger partial charge in [-0.1, -0.05) is 0 Å². The van der Waals surface area contributed by atoms with Crippen LogP contribution in [0.4, 0.5) is 0 Å². The summed E-state index contributed by atoms with van der Waals surface area (Å²) >= 11 is 0. The molecule has 1 saturated carbocycles. The summed E-state index contributed by atoms with van der Waals surface area (Å²) in [6.45, 7) is 0.155. The maximum Gasteiger partial charge on any atom is 0.332 e. The number of carboxylic acid groups (broad SMARTS) is 1. The van der Waals surface area contributed by atoms with E-state index in [1.54, 1.807) is 0 Å². The molecule has 1 aliphatic rings. The molecule has 5 N–H and O–H groups in total. The van der Waals surface area contributed by atoms with Crippen molar-refractivity contribution in [3.05, 3.63) is 0 Å². The number of carbonyl (C=O) groups is 2. The number of amides is 1. The topological polar surface area (TPSA) is 113 Å². The molecule has 0 aromatic heterocycles. The Morgan fingerprint density at radius 2 is 2.06 bits per heavy atom. The summed E-state index contributed by atoms with van der Waals surface area (Å²) in [6.07, 6.45) is 1.64. The third-order valence-electron chi connectivity index (χ3n) is 2.89. The summed E-state index contributed by atoms with van der Waals surface area (Å²) in [5, 5.41) is 19.9. The van der Waals surface area contributed by atoms with Gasteiger partial charge in [-0.3, -0.25) is 4.79 Å².